The topological polar surface area (TPSA) is 43.1 Å². The van der Waals surface area contributed by atoms with Gasteiger partial charge in [0.2, 0.25) is 5.91 Å². The zero-order valence-electron chi connectivity index (χ0n) is 6.50. The Labute approximate surface area is 66.1 Å². The molecule has 1 aliphatic carbocycles. The van der Waals surface area contributed by atoms with Gasteiger partial charge in [0.15, 0.2) is 0 Å². The minimum atomic E-state index is -0.333. The molecule has 0 bridgehead atoms. The average Bonchev–Trinajstić information content (AvgIpc) is 2.13. The zero-order chi connectivity index (χ0) is 8.27. The van der Waals surface area contributed by atoms with Crippen LogP contribution in [0.1, 0.15) is 13.3 Å². The number of hydrogen-bond acceptors (Lipinski definition) is 1. The second kappa shape index (κ2) is 3.19. The molecule has 0 fully saturated rings. The van der Waals surface area contributed by atoms with Crippen molar-refractivity contribution < 1.29 is 4.79 Å². The van der Waals surface area contributed by atoms with E-state index in [4.69, 9.17) is 5.73 Å². The Morgan fingerprint density at radius 2 is 2.27 bits per heavy atom. The van der Waals surface area contributed by atoms with E-state index in [0.717, 1.165) is 5.57 Å². The van der Waals surface area contributed by atoms with Crippen molar-refractivity contribution in [1.29, 1.82) is 0 Å². The first kappa shape index (κ1) is 7.79. The Morgan fingerprint density at radius 3 is 2.91 bits per heavy atom. The molecule has 1 amide bonds. The van der Waals surface area contributed by atoms with Crippen molar-refractivity contribution in [3.8, 4) is 0 Å². The van der Waals surface area contributed by atoms with E-state index in [1.807, 2.05) is 25.2 Å². The van der Waals surface area contributed by atoms with Crippen molar-refractivity contribution in [3.63, 3.8) is 0 Å². The molecule has 2 N–H and O–H groups in total. The lowest BCUT2D eigenvalue weighted by Crippen LogP contribution is -2.12. The van der Waals surface area contributed by atoms with E-state index in [9.17, 15) is 4.79 Å². The summed E-state index contributed by atoms with van der Waals surface area (Å²) in [5, 5.41) is 0. The van der Waals surface area contributed by atoms with E-state index in [-0.39, 0.29) is 5.91 Å². The summed E-state index contributed by atoms with van der Waals surface area (Å²) in [4.78, 5) is 10.7. The van der Waals surface area contributed by atoms with Crippen LogP contribution in [0, 0.1) is 0 Å². The fraction of sp³-hybridized carbons (Fsp3) is 0.222. The van der Waals surface area contributed by atoms with E-state index in [1.54, 1.807) is 6.08 Å². The van der Waals surface area contributed by atoms with Crippen LogP contribution < -0.4 is 5.73 Å². The first-order chi connectivity index (χ1) is 5.20. The van der Waals surface area contributed by atoms with Gasteiger partial charge >= 0.3 is 0 Å². The lowest BCUT2D eigenvalue weighted by Gasteiger charge is -1.93. The summed E-state index contributed by atoms with van der Waals surface area (Å²) in [7, 11) is 0. The molecule has 2 nitrogen and oxygen atoms in total. The van der Waals surface area contributed by atoms with E-state index in [0.29, 0.717) is 12.0 Å². The largest absolute Gasteiger partial charge is 0.366 e. The van der Waals surface area contributed by atoms with Crippen LogP contribution in [0.4, 0.5) is 0 Å². The Bertz CT molecular complexity index is 259. The van der Waals surface area contributed by atoms with E-state index in [1.165, 1.54) is 0 Å². The van der Waals surface area contributed by atoms with Crippen LogP contribution in [-0.4, -0.2) is 5.91 Å². The maximum atomic E-state index is 10.7. The van der Waals surface area contributed by atoms with Gasteiger partial charge in [-0.2, -0.15) is 0 Å². The molecule has 0 saturated heterocycles. The standard InChI is InChI=1S/C9H11NO/c1-7-3-2-4-8(6-5-7)9(10)11/h2-3,5-6H,4H2,1H3,(H2,10,11). The summed E-state index contributed by atoms with van der Waals surface area (Å²) in [6, 6.07) is 0. The molecule has 0 aromatic rings. The minimum Gasteiger partial charge on any atom is -0.366 e. The van der Waals surface area contributed by atoms with Crippen LogP contribution in [0.3, 0.4) is 0 Å². The van der Waals surface area contributed by atoms with Crippen LogP contribution >= 0.6 is 0 Å². The number of allylic oxidation sites excluding steroid dienone is 5. The number of hydrogen-bond donors (Lipinski definition) is 1. The zero-order valence-corrected chi connectivity index (χ0v) is 6.50. The first-order valence-corrected chi connectivity index (χ1v) is 3.54. The number of rotatable bonds is 1. The number of carbonyl (C=O) groups is 1. The van der Waals surface area contributed by atoms with Crippen LogP contribution in [0.2, 0.25) is 0 Å². The highest BCUT2D eigenvalue weighted by molar-refractivity contribution is 5.92. The monoisotopic (exact) mass is 149 g/mol. The van der Waals surface area contributed by atoms with Gasteiger partial charge in [-0.25, -0.2) is 0 Å². The number of carbonyl (C=O) groups excluding carboxylic acids is 1. The normalized spacial score (nSPS) is 16.8. The number of nitrogens with two attached hydrogens (primary N) is 1. The molecule has 0 saturated carbocycles. The van der Waals surface area contributed by atoms with Crippen LogP contribution in [0.25, 0.3) is 0 Å². The van der Waals surface area contributed by atoms with Crippen molar-refractivity contribution in [2.24, 2.45) is 5.73 Å². The quantitative estimate of drug-likeness (QED) is 0.600. The van der Waals surface area contributed by atoms with Gasteiger partial charge in [0.1, 0.15) is 0 Å². The second-order valence-electron chi connectivity index (χ2n) is 2.57. The molecular weight excluding hydrogens is 138 g/mol. The number of primary amides is 1. The van der Waals surface area contributed by atoms with Crippen molar-refractivity contribution in [2.75, 3.05) is 0 Å². The lowest BCUT2D eigenvalue weighted by molar-refractivity contribution is -0.114. The molecule has 0 heterocycles. The molecule has 0 radical (unpaired) electrons. The molecule has 0 unspecified atom stereocenters. The van der Waals surface area contributed by atoms with Crippen LogP contribution in [0.15, 0.2) is 35.5 Å². The molecular formula is C9H11NO. The second-order valence-corrected chi connectivity index (χ2v) is 2.57. The third kappa shape index (κ3) is 2.08. The summed E-state index contributed by atoms with van der Waals surface area (Å²) in [5.41, 5.74) is 6.92. The van der Waals surface area contributed by atoms with Gasteiger partial charge in [-0.3, -0.25) is 4.79 Å². The van der Waals surface area contributed by atoms with Crippen LogP contribution in [-0.2, 0) is 4.79 Å². The van der Waals surface area contributed by atoms with Gasteiger partial charge in [0, 0.05) is 5.57 Å². The van der Waals surface area contributed by atoms with E-state index >= 15 is 0 Å². The van der Waals surface area contributed by atoms with E-state index < -0.39 is 0 Å². The van der Waals surface area contributed by atoms with Gasteiger partial charge in [0.25, 0.3) is 0 Å². The van der Waals surface area contributed by atoms with Gasteiger partial charge in [0.05, 0.1) is 0 Å². The average molecular weight is 149 g/mol. The molecule has 0 spiro atoms. The summed E-state index contributed by atoms with van der Waals surface area (Å²) in [6.45, 7) is 1.98. The highest BCUT2D eigenvalue weighted by Gasteiger charge is 2.02. The third-order valence-corrected chi connectivity index (χ3v) is 1.58. The van der Waals surface area contributed by atoms with Crippen molar-refractivity contribution in [2.45, 2.75) is 13.3 Å². The fourth-order valence-corrected chi connectivity index (χ4v) is 0.910. The van der Waals surface area contributed by atoms with Gasteiger partial charge in [-0.05, 0) is 13.3 Å². The predicted molar refractivity (Wildman–Crippen MR) is 44.8 cm³/mol. The lowest BCUT2D eigenvalue weighted by atomic mass is 10.2. The van der Waals surface area contributed by atoms with Crippen LogP contribution in [0.5, 0.6) is 0 Å². The molecule has 58 valence electrons. The molecule has 2 heteroatoms. The molecule has 0 aliphatic heterocycles. The summed E-state index contributed by atoms with van der Waals surface area (Å²) >= 11 is 0. The highest BCUT2D eigenvalue weighted by Crippen LogP contribution is 2.09. The Hall–Kier alpha value is -1.31. The molecule has 11 heavy (non-hydrogen) atoms. The Kier molecular flexibility index (Phi) is 2.26. The molecule has 1 rings (SSSR count). The van der Waals surface area contributed by atoms with Crippen molar-refractivity contribution >= 4 is 5.91 Å². The minimum absolute atomic E-state index is 0.333. The molecule has 1 aliphatic rings. The highest BCUT2D eigenvalue weighted by atomic mass is 16.1. The van der Waals surface area contributed by atoms with Gasteiger partial charge < -0.3 is 5.73 Å². The van der Waals surface area contributed by atoms with Crippen molar-refractivity contribution in [3.05, 3.63) is 35.5 Å². The maximum Gasteiger partial charge on any atom is 0.244 e. The predicted octanol–water partition coefficient (Wildman–Crippen LogP) is 1.30. The summed E-state index contributed by atoms with van der Waals surface area (Å²) in [6.07, 6.45) is 8.23. The Morgan fingerprint density at radius 1 is 1.55 bits per heavy atom. The summed E-state index contributed by atoms with van der Waals surface area (Å²) < 4.78 is 0. The Balaban J connectivity index is 2.86. The van der Waals surface area contributed by atoms with Gasteiger partial charge in [-0.15, -0.1) is 0 Å². The summed E-state index contributed by atoms with van der Waals surface area (Å²) in [5.74, 6) is -0.333. The third-order valence-electron chi connectivity index (χ3n) is 1.58. The maximum absolute atomic E-state index is 10.7. The molecule has 0 aromatic carbocycles. The molecule has 0 atom stereocenters. The van der Waals surface area contributed by atoms with E-state index in [2.05, 4.69) is 0 Å². The molecule has 0 aromatic heterocycles. The van der Waals surface area contributed by atoms with Crippen molar-refractivity contribution in [1.82, 2.24) is 0 Å². The fourth-order valence-electron chi connectivity index (χ4n) is 0.910. The first-order valence-electron chi connectivity index (χ1n) is 3.54. The SMILES string of the molecule is CC1=CC=C(C(N)=O)CC=C1. The smallest absolute Gasteiger partial charge is 0.244 e. The van der Waals surface area contributed by atoms with Gasteiger partial charge in [-0.1, -0.05) is 29.9 Å². The number of amides is 1.